The van der Waals surface area contributed by atoms with E-state index in [1.54, 1.807) is 0 Å². The summed E-state index contributed by atoms with van der Waals surface area (Å²) < 4.78 is 6.05. The molecule has 1 heterocycles. The molecule has 1 aliphatic heterocycles. The summed E-state index contributed by atoms with van der Waals surface area (Å²) in [7, 11) is 0. The van der Waals surface area contributed by atoms with Gasteiger partial charge >= 0.3 is 0 Å². The first-order chi connectivity index (χ1) is 8.81. The fourth-order valence-corrected chi connectivity index (χ4v) is 3.61. The van der Waals surface area contributed by atoms with Crippen molar-refractivity contribution in [3.05, 3.63) is 0 Å². The molecule has 18 heavy (non-hydrogen) atoms. The molecule has 0 amide bonds. The van der Waals surface area contributed by atoms with Crippen molar-refractivity contribution in [3.8, 4) is 0 Å². The highest BCUT2D eigenvalue weighted by atomic mass is 16.5. The van der Waals surface area contributed by atoms with E-state index in [0.29, 0.717) is 12.1 Å². The molecule has 1 saturated carbocycles. The number of rotatable bonds is 5. The molecule has 2 atom stereocenters. The highest BCUT2D eigenvalue weighted by molar-refractivity contribution is 4.88. The Hall–Kier alpha value is -0.0800. The second-order valence-electron chi connectivity index (χ2n) is 6.40. The second kappa shape index (κ2) is 7.49. The second-order valence-corrected chi connectivity index (χ2v) is 6.40. The molecule has 1 N–H and O–H groups in total. The van der Waals surface area contributed by atoms with E-state index in [4.69, 9.17) is 4.74 Å². The third-order valence-electron chi connectivity index (χ3n) is 4.81. The quantitative estimate of drug-likeness (QED) is 0.805. The van der Waals surface area contributed by atoms with Crippen molar-refractivity contribution < 1.29 is 4.74 Å². The Bertz CT molecular complexity index is 217. The minimum absolute atomic E-state index is 0.490. The Kier molecular flexibility index (Phi) is 5.97. The molecule has 1 aliphatic carbocycles. The van der Waals surface area contributed by atoms with Gasteiger partial charge in [-0.3, -0.25) is 0 Å². The topological polar surface area (TPSA) is 21.3 Å². The summed E-state index contributed by atoms with van der Waals surface area (Å²) in [6.07, 6.45) is 11.3. The van der Waals surface area contributed by atoms with Crippen LogP contribution in [0.25, 0.3) is 0 Å². The van der Waals surface area contributed by atoms with Crippen LogP contribution in [0.2, 0.25) is 0 Å². The van der Waals surface area contributed by atoms with Crippen molar-refractivity contribution in [2.24, 2.45) is 11.8 Å². The van der Waals surface area contributed by atoms with Crippen LogP contribution in [-0.2, 0) is 4.74 Å². The van der Waals surface area contributed by atoms with Crippen LogP contribution in [0.4, 0.5) is 0 Å². The zero-order chi connectivity index (χ0) is 12.8. The lowest BCUT2D eigenvalue weighted by atomic mass is 9.77. The van der Waals surface area contributed by atoms with Gasteiger partial charge in [0, 0.05) is 12.6 Å². The molecule has 0 radical (unpaired) electrons. The third-order valence-corrected chi connectivity index (χ3v) is 4.81. The predicted octanol–water partition coefficient (Wildman–Crippen LogP) is 3.75. The molecule has 0 aromatic heterocycles. The third kappa shape index (κ3) is 3.96. The number of ether oxygens (including phenoxy) is 1. The van der Waals surface area contributed by atoms with E-state index < -0.39 is 0 Å². The van der Waals surface area contributed by atoms with E-state index in [0.717, 1.165) is 25.0 Å². The summed E-state index contributed by atoms with van der Waals surface area (Å²) >= 11 is 0. The number of hydrogen-bond donors (Lipinski definition) is 1. The molecule has 1 saturated heterocycles. The van der Waals surface area contributed by atoms with E-state index in [2.05, 4.69) is 19.2 Å². The van der Waals surface area contributed by atoms with Gasteiger partial charge in [0.25, 0.3) is 0 Å². The summed E-state index contributed by atoms with van der Waals surface area (Å²) in [6.45, 7) is 6.80. The molecule has 2 unspecified atom stereocenters. The Morgan fingerprint density at radius 1 is 1.11 bits per heavy atom. The summed E-state index contributed by atoms with van der Waals surface area (Å²) in [5.41, 5.74) is 0. The molecule has 2 nitrogen and oxygen atoms in total. The molecule has 2 aliphatic rings. The number of nitrogens with one attached hydrogen (secondary N) is 1. The van der Waals surface area contributed by atoms with Crippen molar-refractivity contribution in [1.82, 2.24) is 5.32 Å². The van der Waals surface area contributed by atoms with Crippen LogP contribution in [0.1, 0.15) is 65.2 Å². The van der Waals surface area contributed by atoms with Crippen LogP contribution in [-0.4, -0.2) is 25.3 Å². The average Bonchev–Trinajstić information content (AvgIpc) is 2.42. The van der Waals surface area contributed by atoms with Crippen LogP contribution < -0.4 is 5.32 Å². The van der Waals surface area contributed by atoms with Crippen molar-refractivity contribution >= 4 is 0 Å². The lowest BCUT2D eigenvalue weighted by Crippen LogP contribution is -2.49. The van der Waals surface area contributed by atoms with Gasteiger partial charge in [-0.15, -0.1) is 0 Å². The zero-order valence-electron chi connectivity index (χ0n) is 12.3. The molecule has 2 rings (SSSR count). The first-order valence-corrected chi connectivity index (χ1v) is 8.16. The van der Waals surface area contributed by atoms with Gasteiger partial charge < -0.3 is 10.1 Å². The van der Waals surface area contributed by atoms with Gasteiger partial charge in [0.05, 0.1) is 6.10 Å². The van der Waals surface area contributed by atoms with Crippen molar-refractivity contribution in [2.45, 2.75) is 77.4 Å². The Morgan fingerprint density at radius 2 is 1.89 bits per heavy atom. The van der Waals surface area contributed by atoms with Crippen molar-refractivity contribution in [1.29, 1.82) is 0 Å². The van der Waals surface area contributed by atoms with Gasteiger partial charge in [0.1, 0.15) is 0 Å². The highest BCUT2D eigenvalue weighted by Gasteiger charge is 2.32. The summed E-state index contributed by atoms with van der Waals surface area (Å²) in [5, 5.41) is 3.80. The normalized spacial score (nSPS) is 35.3. The Balaban J connectivity index is 1.90. The molecule has 0 spiro atoms. The van der Waals surface area contributed by atoms with Crippen LogP contribution in [0.3, 0.4) is 0 Å². The van der Waals surface area contributed by atoms with Crippen molar-refractivity contribution in [3.63, 3.8) is 0 Å². The summed E-state index contributed by atoms with van der Waals surface area (Å²) in [6, 6.07) is 0.623. The van der Waals surface area contributed by atoms with Crippen LogP contribution in [0.5, 0.6) is 0 Å². The van der Waals surface area contributed by atoms with Gasteiger partial charge in [-0.1, -0.05) is 26.7 Å². The van der Waals surface area contributed by atoms with E-state index in [1.807, 2.05) is 0 Å². The molecule has 0 aromatic carbocycles. The smallest absolute Gasteiger partial charge is 0.0730 e. The van der Waals surface area contributed by atoms with Gasteiger partial charge in [-0.05, 0) is 56.9 Å². The van der Waals surface area contributed by atoms with E-state index in [9.17, 15) is 0 Å². The lowest BCUT2D eigenvalue weighted by Gasteiger charge is -2.39. The minimum atomic E-state index is 0.490. The maximum atomic E-state index is 6.05. The molecule has 106 valence electrons. The predicted molar refractivity (Wildman–Crippen MR) is 76.8 cm³/mol. The monoisotopic (exact) mass is 253 g/mol. The summed E-state index contributed by atoms with van der Waals surface area (Å²) in [4.78, 5) is 0. The Labute approximate surface area is 113 Å². The van der Waals surface area contributed by atoms with Gasteiger partial charge in [0.15, 0.2) is 0 Å². The fourth-order valence-electron chi connectivity index (χ4n) is 3.61. The molecule has 0 bridgehead atoms. The molecular formula is C16H31NO. The van der Waals surface area contributed by atoms with E-state index in [1.165, 1.54) is 51.4 Å². The van der Waals surface area contributed by atoms with Gasteiger partial charge in [-0.2, -0.15) is 0 Å². The van der Waals surface area contributed by atoms with Crippen LogP contribution in [0.15, 0.2) is 0 Å². The Morgan fingerprint density at radius 3 is 2.50 bits per heavy atom. The maximum Gasteiger partial charge on any atom is 0.0730 e. The largest absolute Gasteiger partial charge is 0.377 e. The molecule has 2 heteroatoms. The van der Waals surface area contributed by atoms with E-state index in [-0.39, 0.29) is 0 Å². The van der Waals surface area contributed by atoms with Crippen molar-refractivity contribution in [2.75, 3.05) is 13.2 Å². The fraction of sp³-hybridized carbons (Fsp3) is 1.00. The minimum Gasteiger partial charge on any atom is -0.377 e. The maximum absolute atomic E-state index is 6.05. The van der Waals surface area contributed by atoms with Crippen LogP contribution in [0, 0.1) is 11.8 Å². The molecule has 2 fully saturated rings. The molecular weight excluding hydrogens is 222 g/mol. The zero-order valence-corrected chi connectivity index (χ0v) is 12.3. The first kappa shape index (κ1) is 14.3. The molecule has 0 aromatic rings. The van der Waals surface area contributed by atoms with Crippen LogP contribution >= 0.6 is 0 Å². The first-order valence-electron chi connectivity index (χ1n) is 8.16. The number of hydrogen-bond acceptors (Lipinski definition) is 2. The standard InChI is InChI=1S/C16H31NO/c1-3-11-17-16(15-6-4-5-12-18-15)14-9-7-13(2)8-10-14/h13-17H,3-12H2,1-2H3. The highest BCUT2D eigenvalue weighted by Crippen LogP contribution is 2.33. The van der Waals surface area contributed by atoms with Gasteiger partial charge in [-0.25, -0.2) is 0 Å². The summed E-state index contributed by atoms with van der Waals surface area (Å²) in [5.74, 6) is 1.80. The SMILES string of the molecule is CCCNC(C1CCC(C)CC1)C1CCCCO1. The average molecular weight is 253 g/mol. The van der Waals surface area contributed by atoms with E-state index >= 15 is 0 Å². The van der Waals surface area contributed by atoms with Gasteiger partial charge in [0.2, 0.25) is 0 Å². The lowest BCUT2D eigenvalue weighted by molar-refractivity contribution is -0.0266.